The summed E-state index contributed by atoms with van der Waals surface area (Å²) in [4.78, 5) is 28.7. The zero-order chi connectivity index (χ0) is 20.3. The third kappa shape index (κ3) is 3.98. The molecule has 0 aliphatic rings. The highest BCUT2D eigenvalue weighted by Crippen LogP contribution is 2.21. The Morgan fingerprint density at radius 3 is 2.57 bits per heavy atom. The Labute approximate surface area is 160 Å². The number of amides is 1. The maximum atomic E-state index is 12.6. The van der Waals surface area contributed by atoms with E-state index in [1.165, 1.54) is 23.1 Å². The summed E-state index contributed by atoms with van der Waals surface area (Å²) in [6.07, 6.45) is 0. The van der Waals surface area contributed by atoms with Crippen LogP contribution in [0.5, 0.6) is 5.75 Å². The van der Waals surface area contributed by atoms with Gasteiger partial charge in [-0.15, -0.1) is 0 Å². The molecule has 0 radical (unpaired) electrons. The molecule has 0 aliphatic carbocycles. The van der Waals surface area contributed by atoms with Crippen molar-refractivity contribution in [2.45, 2.75) is 13.5 Å². The second kappa shape index (κ2) is 7.87. The predicted octanol–water partition coefficient (Wildman–Crippen LogP) is 3.23. The number of benzene rings is 2. The molecule has 28 heavy (non-hydrogen) atoms. The fraction of sp³-hybridized carbons (Fsp3) is 0.211. The Kier molecular flexibility index (Phi) is 5.35. The monoisotopic (exact) mass is 382 g/mol. The maximum absolute atomic E-state index is 12.6. The van der Waals surface area contributed by atoms with Crippen molar-refractivity contribution in [1.82, 2.24) is 15.0 Å². The highest BCUT2D eigenvalue weighted by Gasteiger charge is 2.19. The third-order valence-electron chi connectivity index (χ3n) is 4.18. The first-order valence-corrected chi connectivity index (χ1v) is 8.36. The van der Waals surface area contributed by atoms with E-state index in [0.717, 1.165) is 11.3 Å². The largest absolute Gasteiger partial charge is 0.497 e. The molecule has 3 aromatic rings. The summed E-state index contributed by atoms with van der Waals surface area (Å²) < 4.78 is 10.3. The van der Waals surface area contributed by atoms with Crippen LogP contribution in [-0.2, 0) is 6.54 Å². The number of hydrogen-bond donors (Lipinski definition) is 0. The molecule has 1 amide bonds. The smallest absolute Gasteiger partial charge is 0.272 e. The van der Waals surface area contributed by atoms with Gasteiger partial charge in [-0.2, -0.15) is 4.98 Å². The van der Waals surface area contributed by atoms with Gasteiger partial charge in [0.05, 0.1) is 18.6 Å². The van der Waals surface area contributed by atoms with Crippen molar-refractivity contribution < 1.29 is 19.0 Å². The zero-order valence-electron chi connectivity index (χ0n) is 15.6. The van der Waals surface area contributed by atoms with E-state index in [9.17, 15) is 14.9 Å². The summed E-state index contributed by atoms with van der Waals surface area (Å²) in [7, 11) is 3.18. The van der Waals surface area contributed by atoms with Gasteiger partial charge in [0, 0.05) is 29.8 Å². The summed E-state index contributed by atoms with van der Waals surface area (Å²) in [6, 6.07) is 11.4. The van der Waals surface area contributed by atoms with Gasteiger partial charge in [-0.25, -0.2) is 0 Å². The molecular weight excluding hydrogens is 364 g/mol. The first-order valence-electron chi connectivity index (χ1n) is 8.36. The van der Waals surface area contributed by atoms with Crippen molar-refractivity contribution in [3.63, 3.8) is 0 Å². The summed E-state index contributed by atoms with van der Waals surface area (Å²) in [5, 5.41) is 14.8. The van der Waals surface area contributed by atoms with E-state index in [1.807, 2.05) is 12.1 Å². The first kappa shape index (κ1) is 19.0. The minimum Gasteiger partial charge on any atom is -0.497 e. The van der Waals surface area contributed by atoms with Crippen LogP contribution in [0.4, 0.5) is 5.69 Å². The van der Waals surface area contributed by atoms with E-state index in [-0.39, 0.29) is 24.0 Å². The van der Waals surface area contributed by atoms with Crippen LogP contribution in [0.25, 0.3) is 11.4 Å². The topological polar surface area (TPSA) is 112 Å². The van der Waals surface area contributed by atoms with Crippen LogP contribution >= 0.6 is 0 Å². The third-order valence-corrected chi connectivity index (χ3v) is 4.18. The number of nitro groups is 1. The normalized spacial score (nSPS) is 10.5. The van der Waals surface area contributed by atoms with E-state index >= 15 is 0 Å². The maximum Gasteiger partial charge on any atom is 0.272 e. The fourth-order valence-corrected chi connectivity index (χ4v) is 2.66. The van der Waals surface area contributed by atoms with Crippen molar-refractivity contribution in [3.8, 4) is 17.1 Å². The lowest BCUT2D eigenvalue weighted by Crippen LogP contribution is -2.26. The minimum absolute atomic E-state index is 0.0276. The molecular formula is C19H18N4O5. The fourth-order valence-electron chi connectivity index (χ4n) is 2.66. The molecule has 1 heterocycles. The number of carbonyl (C=O) groups excluding carboxylic acids is 1. The predicted molar refractivity (Wildman–Crippen MR) is 99.9 cm³/mol. The minimum atomic E-state index is -0.480. The van der Waals surface area contributed by atoms with Crippen molar-refractivity contribution in [2.75, 3.05) is 14.2 Å². The molecule has 1 aromatic heterocycles. The van der Waals surface area contributed by atoms with Gasteiger partial charge < -0.3 is 14.2 Å². The van der Waals surface area contributed by atoms with Crippen LogP contribution in [0.1, 0.15) is 21.8 Å². The van der Waals surface area contributed by atoms with Gasteiger partial charge in [0.2, 0.25) is 11.7 Å². The Hall–Kier alpha value is -3.75. The Bertz CT molecular complexity index is 1010. The number of methoxy groups -OCH3 is 1. The molecule has 0 fully saturated rings. The molecule has 0 atom stereocenters. The lowest BCUT2D eigenvalue weighted by atomic mass is 10.1. The number of hydrogen-bond acceptors (Lipinski definition) is 7. The molecule has 0 saturated carbocycles. The van der Waals surface area contributed by atoms with E-state index in [2.05, 4.69) is 10.1 Å². The number of ether oxygens (including phenoxy) is 1. The zero-order valence-corrected chi connectivity index (χ0v) is 15.6. The van der Waals surface area contributed by atoms with Gasteiger partial charge in [0.25, 0.3) is 11.6 Å². The SMILES string of the molecule is COc1ccc(-c2noc(CN(C)C(=O)c3ccc([N+](=O)[O-])c(C)c3)n2)cc1. The second-order valence-corrected chi connectivity index (χ2v) is 6.16. The van der Waals surface area contributed by atoms with Crippen LogP contribution < -0.4 is 4.74 Å². The van der Waals surface area contributed by atoms with Gasteiger partial charge in [-0.3, -0.25) is 14.9 Å². The summed E-state index contributed by atoms with van der Waals surface area (Å²) >= 11 is 0. The number of rotatable bonds is 6. The van der Waals surface area contributed by atoms with E-state index in [1.54, 1.807) is 33.2 Å². The average molecular weight is 382 g/mol. The standard InChI is InChI=1S/C19H18N4O5/c1-12-10-14(6-9-16(12)23(25)26)19(24)22(2)11-17-20-18(21-28-17)13-4-7-15(27-3)8-5-13/h4-10H,11H2,1-3H3. The molecule has 0 bridgehead atoms. The van der Waals surface area contributed by atoms with E-state index in [0.29, 0.717) is 17.0 Å². The molecule has 2 aromatic carbocycles. The van der Waals surface area contributed by atoms with Gasteiger partial charge in [0.15, 0.2) is 0 Å². The van der Waals surface area contributed by atoms with Gasteiger partial charge in [0.1, 0.15) is 5.75 Å². The number of nitrogens with zero attached hydrogens (tertiary/aromatic N) is 4. The van der Waals surface area contributed by atoms with Gasteiger partial charge >= 0.3 is 0 Å². The van der Waals surface area contributed by atoms with Crippen LogP contribution in [0.2, 0.25) is 0 Å². The lowest BCUT2D eigenvalue weighted by Gasteiger charge is -2.15. The van der Waals surface area contributed by atoms with Crippen LogP contribution in [-0.4, -0.2) is 40.0 Å². The first-order chi connectivity index (χ1) is 13.4. The van der Waals surface area contributed by atoms with Crippen molar-refractivity contribution in [2.24, 2.45) is 0 Å². The molecule has 0 aliphatic heterocycles. The molecule has 9 heteroatoms. The van der Waals surface area contributed by atoms with Crippen LogP contribution in [0.15, 0.2) is 47.0 Å². The Morgan fingerprint density at radius 1 is 1.25 bits per heavy atom. The lowest BCUT2D eigenvalue weighted by molar-refractivity contribution is -0.385. The molecule has 0 saturated heterocycles. The van der Waals surface area contributed by atoms with Gasteiger partial charge in [-0.1, -0.05) is 5.16 Å². The molecule has 9 nitrogen and oxygen atoms in total. The number of aromatic nitrogens is 2. The van der Waals surface area contributed by atoms with Crippen molar-refractivity contribution in [1.29, 1.82) is 0 Å². The quantitative estimate of drug-likeness (QED) is 0.475. The highest BCUT2D eigenvalue weighted by atomic mass is 16.6. The van der Waals surface area contributed by atoms with E-state index < -0.39 is 4.92 Å². The average Bonchev–Trinajstić information content (AvgIpc) is 3.15. The van der Waals surface area contributed by atoms with Crippen LogP contribution in [0.3, 0.4) is 0 Å². The summed E-state index contributed by atoms with van der Waals surface area (Å²) in [5.41, 5.74) is 1.50. The van der Waals surface area contributed by atoms with Crippen molar-refractivity contribution in [3.05, 3.63) is 69.6 Å². The molecule has 0 unspecified atom stereocenters. The number of carbonyl (C=O) groups is 1. The van der Waals surface area contributed by atoms with Crippen molar-refractivity contribution >= 4 is 11.6 Å². The molecule has 144 valence electrons. The number of aryl methyl sites for hydroxylation is 1. The molecule has 0 spiro atoms. The Balaban J connectivity index is 1.71. The highest BCUT2D eigenvalue weighted by molar-refractivity contribution is 5.94. The summed E-state index contributed by atoms with van der Waals surface area (Å²) in [5.74, 6) is 1.10. The second-order valence-electron chi connectivity index (χ2n) is 6.16. The van der Waals surface area contributed by atoms with Gasteiger partial charge in [-0.05, 0) is 43.3 Å². The molecule has 3 rings (SSSR count). The Morgan fingerprint density at radius 2 is 1.96 bits per heavy atom. The summed E-state index contributed by atoms with van der Waals surface area (Å²) in [6.45, 7) is 1.70. The molecule has 0 N–H and O–H groups in total. The van der Waals surface area contributed by atoms with Crippen LogP contribution in [0, 0.1) is 17.0 Å². The van der Waals surface area contributed by atoms with E-state index in [4.69, 9.17) is 9.26 Å². The number of nitro benzene ring substituents is 1.